The molecule has 2 amide bonds. The number of rotatable bonds is 12. The molecule has 2 aromatic carbocycles. The Bertz CT molecular complexity index is 1000. The van der Waals surface area contributed by atoms with E-state index in [1.165, 1.54) is 4.90 Å². The number of furan rings is 1. The van der Waals surface area contributed by atoms with Crippen molar-refractivity contribution >= 4 is 11.8 Å². The third-order valence-corrected chi connectivity index (χ3v) is 5.29. The molecule has 7 heteroatoms. The molecule has 0 atom stereocenters. The van der Waals surface area contributed by atoms with E-state index in [0.29, 0.717) is 49.7 Å². The largest absolute Gasteiger partial charge is 0.497 e. The van der Waals surface area contributed by atoms with E-state index < -0.39 is 0 Å². The first-order chi connectivity index (χ1) is 16.1. The van der Waals surface area contributed by atoms with Gasteiger partial charge in [-0.2, -0.15) is 0 Å². The minimum atomic E-state index is -0.250. The zero-order chi connectivity index (χ0) is 23.5. The zero-order valence-electron chi connectivity index (χ0n) is 19.1. The maximum Gasteiger partial charge on any atom is 0.254 e. The number of carbonyl (C=O) groups excluding carboxylic acids is 2. The van der Waals surface area contributed by atoms with Gasteiger partial charge in [-0.25, -0.2) is 0 Å². The number of nitrogens with zero attached hydrogens (tertiary/aromatic N) is 2. The van der Waals surface area contributed by atoms with Crippen LogP contribution in [0, 0.1) is 0 Å². The predicted molar refractivity (Wildman–Crippen MR) is 125 cm³/mol. The zero-order valence-corrected chi connectivity index (χ0v) is 19.1. The Morgan fingerprint density at radius 2 is 1.73 bits per heavy atom. The summed E-state index contributed by atoms with van der Waals surface area (Å²) in [7, 11) is 3.12. The first kappa shape index (κ1) is 24.1. The summed E-state index contributed by atoms with van der Waals surface area (Å²) in [6, 6.07) is 20.5. The number of carbonyl (C=O) groups is 2. The Morgan fingerprint density at radius 1 is 0.909 bits per heavy atom. The van der Waals surface area contributed by atoms with Crippen LogP contribution in [0.3, 0.4) is 0 Å². The van der Waals surface area contributed by atoms with Crippen LogP contribution < -0.4 is 4.74 Å². The second-order valence-corrected chi connectivity index (χ2v) is 7.58. The van der Waals surface area contributed by atoms with Gasteiger partial charge in [0.15, 0.2) is 0 Å². The van der Waals surface area contributed by atoms with E-state index in [1.54, 1.807) is 55.7 Å². The van der Waals surface area contributed by atoms with Gasteiger partial charge in [-0.05, 0) is 42.3 Å². The van der Waals surface area contributed by atoms with E-state index in [-0.39, 0.29) is 18.4 Å². The summed E-state index contributed by atoms with van der Waals surface area (Å²) in [6.07, 6.45) is 2.29. The molecular weight excluding hydrogens is 420 g/mol. The number of ether oxygens (including phenoxy) is 2. The number of benzene rings is 2. The molecule has 1 aromatic heterocycles. The minimum Gasteiger partial charge on any atom is -0.497 e. The van der Waals surface area contributed by atoms with Crippen molar-refractivity contribution < 1.29 is 23.5 Å². The van der Waals surface area contributed by atoms with Crippen molar-refractivity contribution in [2.24, 2.45) is 0 Å². The van der Waals surface area contributed by atoms with Crippen LogP contribution in [-0.2, 0) is 22.5 Å². The normalized spacial score (nSPS) is 10.6. The van der Waals surface area contributed by atoms with Crippen LogP contribution >= 0.6 is 0 Å². The van der Waals surface area contributed by atoms with Gasteiger partial charge in [0.25, 0.3) is 5.91 Å². The lowest BCUT2D eigenvalue weighted by atomic mass is 10.1. The average molecular weight is 451 g/mol. The number of hydrogen-bond donors (Lipinski definition) is 0. The lowest BCUT2D eigenvalue weighted by Gasteiger charge is -2.27. The quantitative estimate of drug-likeness (QED) is 0.421. The molecule has 3 rings (SSSR count). The highest BCUT2D eigenvalue weighted by atomic mass is 16.5. The molecule has 0 N–H and O–H groups in total. The molecule has 0 radical (unpaired) electrons. The van der Waals surface area contributed by atoms with Crippen molar-refractivity contribution in [1.29, 1.82) is 0 Å². The van der Waals surface area contributed by atoms with Crippen LogP contribution in [0.25, 0.3) is 0 Å². The Morgan fingerprint density at radius 3 is 2.42 bits per heavy atom. The smallest absolute Gasteiger partial charge is 0.254 e. The van der Waals surface area contributed by atoms with Gasteiger partial charge >= 0.3 is 0 Å². The average Bonchev–Trinajstić information content (AvgIpc) is 3.37. The Labute approximate surface area is 194 Å². The molecule has 33 heavy (non-hydrogen) atoms. The van der Waals surface area contributed by atoms with Gasteiger partial charge in [0.1, 0.15) is 18.1 Å². The summed E-state index contributed by atoms with van der Waals surface area (Å²) in [5.74, 6) is 0.870. The maximum atomic E-state index is 13.3. The highest BCUT2D eigenvalue weighted by molar-refractivity contribution is 5.96. The van der Waals surface area contributed by atoms with Crippen LogP contribution in [0.1, 0.15) is 21.7 Å². The van der Waals surface area contributed by atoms with Gasteiger partial charge < -0.3 is 23.7 Å². The van der Waals surface area contributed by atoms with E-state index in [0.717, 1.165) is 5.56 Å². The topological polar surface area (TPSA) is 72.2 Å². The van der Waals surface area contributed by atoms with Gasteiger partial charge in [0, 0.05) is 25.8 Å². The predicted octanol–water partition coefficient (Wildman–Crippen LogP) is 3.65. The monoisotopic (exact) mass is 450 g/mol. The van der Waals surface area contributed by atoms with Gasteiger partial charge in [0.2, 0.25) is 5.91 Å². The highest BCUT2D eigenvalue weighted by Gasteiger charge is 2.23. The lowest BCUT2D eigenvalue weighted by molar-refractivity contribution is -0.132. The molecule has 0 saturated heterocycles. The summed E-state index contributed by atoms with van der Waals surface area (Å²) < 4.78 is 15.9. The van der Waals surface area contributed by atoms with Gasteiger partial charge in [-0.3, -0.25) is 9.59 Å². The summed E-state index contributed by atoms with van der Waals surface area (Å²) in [5.41, 5.74) is 1.60. The fraction of sp³-hybridized carbons (Fsp3) is 0.308. The van der Waals surface area contributed by atoms with Gasteiger partial charge in [-0.1, -0.05) is 36.4 Å². The van der Waals surface area contributed by atoms with E-state index in [9.17, 15) is 9.59 Å². The van der Waals surface area contributed by atoms with Crippen molar-refractivity contribution in [1.82, 2.24) is 9.80 Å². The molecule has 0 bridgehead atoms. The number of methoxy groups -OCH3 is 2. The minimum absolute atomic E-state index is 0.0606. The summed E-state index contributed by atoms with van der Waals surface area (Å²) >= 11 is 0. The molecule has 0 unspecified atom stereocenters. The molecule has 3 aromatic rings. The van der Waals surface area contributed by atoms with E-state index in [4.69, 9.17) is 13.9 Å². The molecule has 1 heterocycles. The van der Waals surface area contributed by atoms with Gasteiger partial charge in [0.05, 0.1) is 26.5 Å². The first-order valence-corrected chi connectivity index (χ1v) is 10.9. The van der Waals surface area contributed by atoms with Crippen molar-refractivity contribution in [3.63, 3.8) is 0 Å². The standard InChI is InChI=1S/C26H30N2O5/c1-31-17-15-28(26(30)22-10-6-11-23(18-22)32-2)20-25(29)27(19-24-12-7-16-33-24)14-13-21-8-4-3-5-9-21/h3-12,16,18H,13-15,17,19-20H2,1-2H3. The summed E-state index contributed by atoms with van der Waals surface area (Å²) in [4.78, 5) is 29.8. The summed E-state index contributed by atoms with van der Waals surface area (Å²) in [6.45, 7) is 1.41. The molecule has 0 spiro atoms. The third kappa shape index (κ3) is 7.22. The molecule has 0 aliphatic carbocycles. The van der Waals surface area contributed by atoms with Crippen LogP contribution in [0.2, 0.25) is 0 Å². The van der Waals surface area contributed by atoms with Crippen molar-refractivity contribution in [3.8, 4) is 5.75 Å². The van der Waals surface area contributed by atoms with Crippen molar-refractivity contribution in [2.45, 2.75) is 13.0 Å². The Kier molecular flexibility index (Phi) is 9.08. The number of hydrogen-bond acceptors (Lipinski definition) is 5. The number of amides is 2. The first-order valence-electron chi connectivity index (χ1n) is 10.9. The molecule has 0 aliphatic rings. The van der Waals surface area contributed by atoms with Crippen LogP contribution in [0.15, 0.2) is 77.4 Å². The maximum absolute atomic E-state index is 13.3. The SMILES string of the molecule is COCCN(CC(=O)N(CCc1ccccc1)Cc1ccco1)C(=O)c1cccc(OC)c1. The van der Waals surface area contributed by atoms with Gasteiger partial charge in [-0.15, -0.1) is 0 Å². The third-order valence-electron chi connectivity index (χ3n) is 5.29. The molecule has 0 aliphatic heterocycles. The highest BCUT2D eigenvalue weighted by Crippen LogP contribution is 2.15. The molecule has 174 valence electrons. The molecule has 0 saturated carbocycles. The van der Waals surface area contributed by atoms with Crippen molar-refractivity contribution in [3.05, 3.63) is 89.9 Å². The second kappa shape index (κ2) is 12.5. The van der Waals surface area contributed by atoms with Crippen molar-refractivity contribution in [2.75, 3.05) is 40.5 Å². The fourth-order valence-electron chi connectivity index (χ4n) is 3.45. The molecule has 0 fully saturated rings. The second-order valence-electron chi connectivity index (χ2n) is 7.58. The van der Waals surface area contributed by atoms with Crippen LogP contribution in [-0.4, -0.2) is 62.1 Å². The Balaban J connectivity index is 1.75. The molecular formula is C26H30N2O5. The van der Waals surface area contributed by atoms with E-state index in [2.05, 4.69) is 0 Å². The van der Waals surface area contributed by atoms with Crippen LogP contribution in [0.5, 0.6) is 5.75 Å². The van der Waals surface area contributed by atoms with E-state index in [1.807, 2.05) is 36.4 Å². The molecule has 7 nitrogen and oxygen atoms in total. The van der Waals surface area contributed by atoms with Crippen LogP contribution in [0.4, 0.5) is 0 Å². The fourth-order valence-corrected chi connectivity index (χ4v) is 3.45. The Hall–Kier alpha value is -3.58. The summed E-state index contributed by atoms with van der Waals surface area (Å²) in [5, 5.41) is 0. The lowest BCUT2D eigenvalue weighted by Crippen LogP contribution is -2.44. The van der Waals surface area contributed by atoms with E-state index >= 15 is 0 Å².